The van der Waals surface area contributed by atoms with Crippen LogP contribution in [0.3, 0.4) is 0 Å². The van der Waals surface area contributed by atoms with Crippen molar-refractivity contribution in [1.82, 2.24) is 4.72 Å². The second kappa shape index (κ2) is 5.21. The van der Waals surface area contributed by atoms with E-state index in [1.807, 2.05) is 18.6 Å². The summed E-state index contributed by atoms with van der Waals surface area (Å²) < 4.78 is 24.3. The van der Waals surface area contributed by atoms with E-state index in [4.69, 9.17) is 0 Å². The van der Waals surface area contributed by atoms with Gasteiger partial charge in [0.2, 0.25) is 15.9 Å². The first-order valence-electron chi connectivity index (χ1n) is 4.40. The first kappa shape index (κ1) is 12.4. The predicted octanol–water partition coefficient (Wildman–Crippen LogP) is 0.888. The standard InChI is InChI=1S/C8H17NO3S/c1-4-8(10)9-13(11,12)6-5-7(2)3/h7H,4-6H2,1-3H3,(H,9,10). The van der Waals surface area contributed by atoms with Crippen molar-refractivity contribution in [2.75, 3.05) is 5.75 Å². The molecule has 4 nitrogen and oxygen atoms in total. The highest BCUT2D eigenvalue weighted by Gasteiger charge is 2.13. The van der Waals surface area contributed by atoms with E-state index >= 15 is 0 Å². The van der Waals surface area contributed by atoms with Gasteiger partial charge in [0, 0.05) is 6.42 Å². The Balaban J connectivity index is 4.02. The molecule has 0 aliphatic carbocycles. The zero-order valence-corrected chi connectivity index (χ0v) is 9.15. The molecule has 0 heterocycles. The van der Waals surface area contributed by atoms with Crippen molar-refractivity contribution in [1.29, 1.82) is 0 Å². The Labute approximate surface area is 79.8 Å². The molecule has 0 saturated carbocycles. The van der Waals surface area contributed by atoms with Gasteiger partial charge in [0.15, 0.2) is 0 Å². The van der Waals surface area contributed by atoms with Crippen LogP contribution < -0.4 is 4.72 Å². The molecule has 0 bridgehead atoms. The molecule has 78 valence electrons. The van der Waals surface area contributed by atoms with Gasteiger partial charge in [-0.1, -0.05) is 20.8 Å². The van der Waals surface area contributed by atoms with E-state index in [-0.39, 0.29) is 12.2 Å². The molecule has 0 radical (unpaired) electrons. The fourth-order valence-corrected chi connectivity index (χ4v) is 2.06. The van der Waals surface area contributed by atoms with Gasteiger partial charge < -0.3 is 0 Å². The lowest BCUT2D eigenvalue weighted by Gasteiger charge is -2.06. The summed E-state index contributed by atoms with van der Waals surface area (Å²) in [4.78, 5) is 10.8. The molecule has 0 aliphatic heterocycles. The quantitative estimate of drug-likeness (QED) is 0.728. The van der Waals surface area contributed by atoms with E-state index in [0.29, 0.717) is 12.3 Å². The molecule has 1 N–H and O–H groups in total. The summed E-state index contributed by atoms with van der Waals surface area (Å²) in [6, 6.07) is 0. The van der Waals surface area contributed by atoms with Crippen LogP contribution in [0, 0.1) is 5.92 Å². The topological polar surface area (TPSA) is 63.2 Å². The van der Waals surface area contributed by atoms with Crippen molar-refractivity contribution < 1.29 is 13.2 Å². The Hall–Kier alpha value is -0.580. The first-order chi connectivity index (χ1) is 5.87. The molecule has 0 atom stereocenters. The smallest absolute Gasteiger partial charge is 0.234 e. The summed E-state index contributed by atoms with van der Waals surface area (Å²) in [5.41, 5.74) is 0. The van der Waals surface area contributed by atoms with Crippen LogP contribution in [0.5, 0.6) is 0 Å². The van der Waals surface area contributed by atoms with E-state index in [9.17, 15) is 13.2 Å². The number of hydrogen-bond donors (Lipinski definition) is 1. The molecule has 0 fully saturated rings. The Morgan fingerprint density at radius 2 is 1.92 bits per heavy atom. The van der Waals surface area contributed by atoms with E-state index in [1.54, 1.807) is 6.92 Å². The van der Waals surface area contributed by atoms with Crippen molar-refractivity contribution >= 4 is 15.9 Å². The lowest BCUT2D eigenvalue weighted by molar-refractivity contribution is -0.119. The van der Waals surface area contributed by atoms with Crippen LogP contribution in [0.15, 0.2) is 0 Å². The molecular weight excluding hydrogens is 190 g/mol. The average Bonchev–Trinajstić information content (AvgIpc) is 2.00. The molecule has 0 aromatic carbocycles. The SMILES string of the molecule is CCC(=O)NS(=O)(=O)CCC(C)C. The van der Waals surface area contributed by atoms with Crippen molar-refractivity contribution in [2.45, 2.75) is 33.6 Å². The molecule has 0 unspecified atom stereocenters. The largest absolute Gasteiger partial charge is 0.274 e. The lowest BCUT2D eigenvalue weighted by atomic mass is 10.2. The fraction of sp³-hybridized carbons (Fsp3) is 0.875. The molecule has 0 aromatic heterocycles. The highest BCUT2D eigenvalue weighted by Crippen LogP contribution is 2.01. The van der Waals surface area contributed by atoms with E-state index < -0.39 is 15.9 Å². The number of carbonyl (C=O) groups is 1. The van der Waals surface area contributed by atoms with Gasteiger partial charge in [-0.2, -0.15) is 0 Å². The fourth-order valence-electron chi connectivity index (χ4n) is 0.687. The van der Waals surface area contributed by atoms with Gasteiger partial charge in [-0.3, -0.25) is 9.52 Å². The third-order valence-corrected chi connectivity index (χ3v) is 2.87. The molecule has 13 heavy (non-hydrogen) atoms. The minimum Gasteiger partial charge on any atom is -0.274 e. The zero-order chi connectivity index (χ0) is 10.5. The Bertz CT molecular complexity index is 257. The van der Waals surface area contributed by atoms with Crippen LogP contribution in [-0.2, 0) is 14.8 Å². The van der Waals surface area contributed by atoms with Gasteiger partial charge in [-0.25, -0.2) is 8.42 Å². The second-order valence-electron chi connectivity index (χ2n) is 3.38. The van der Waals surface area contributed by atoms with E-state index in [1.165, 1.54) is 0 Å². The van der Waals surface area contributed by atoms with Crippen molar-refractivity contribution in [2.24, 2.45) is 5.92 Å². The molecule has 1 amide bonds. The lowest BCUT2D eigenvalue weighted by Crippen LogP contribution is -2.32. The molecule has 0 aliphatic rings. The molecular formula is C8H17NO3S. The molecule has 0 rings (SSSR count). The van der Waals surface area contributed by atoms with Gasteiger partial charge in [-0.15, -0.1) is 0 Å². The van der Waals surface area contributed by atoms with E-state index in [0.717, 1.165) is 0 Å². The van der Waals surface area contributed by atoms with Crippen LogP contribution in [0.4, 0.5) is 0 Å². The van der Waals surface area contributed by atoms with Gasteiger partial charge in [0.1, 0.15) is 0 Å². The molecule has 0 aromatic rings. The van der Waals surface area contributed by atoms with Gasteiger partial charge in [0.25, 0.3) is 0 Å². The third kappa shape index (κ3) is 6.57. The normalized spacial score (nSPS) is 11.7. The Kier molecular flexibility index (Phi) is 4.98. The minimum absolute atomic E-state index is 0.0242. The predicted molar refractivity (Wildman–Crippen MR) is 51.7 cm³/mol. The Morgan fingerprint density at radius 1 is 1.38 bits per heavy atom. The summed E-state index contributed by atoms with van der Waals surface area (Å²) in [5.74, 6) is -0.0896. The van der Waals surface area contributed by atoms with E-state index in [2.05, 4.69) is 0 Å². The van der Waals surface area contributed by atoms with Crippen LogP contribution in [0.2, 0.25) is 0 Å². The summed E-state index contributed by atoms with van der Waals surface area (Å²) >= 11 is 0. The van der Waals surface area contributed by atoms with Crippen LogP contribution in [0.25, 0.3) is 0 Å². The minimum atomic E-state index is -3.39. The molecule has 5 heteroatoms. The second-order valence-corrected chi connectivity index (χ2v) is 5.22. The monoisotopic (exact) mass is 207 g/mol. The maximum atomic E-state index is 11.2. The summed E-state index contributed by atoms with van der Waals surface area (Å²) in [7, 11) is -3.39. The molecule has 0 saturated heterocycles. The summed E-state index contributed by atoms with van der Waals surface area (Å²) in [5, 5.41) is 0. The van der Waals surface area contributed by atoms with Gasteiger partial charge >= 0.3 is 0 Å². The first-order valence-corrected chi connectivity index (χ1v) is 6.06. The number of carbonyl (C=O) groups excluding carboxylic acids is 1. The zero-order valence-electron chi connectivity index (χ0n) is 8.33. The highest BCUT2D eigenvalue weighted by molar-refractivity contribution is 7.90. The number of rotatable bonds is 5. The maximum Gasteiger partial charge on any atom is 0.234 e. The van der Waals surface area contributed by atoms with Crippen molar-refractivity contribution in [3.8, 4) is 0 Å². The van der Waals surface area contributed by atoms with Crippen LogP contribution >= 0.6 is 0 Å². The van der Waals surface area contributed by atoms with Crippen molar-refractivity contribution in [3.05, 3.63) is 0 Å². The van der Waals surface area contributed by atoms with Gasteiger partial charge in [-0.05, 0) is 12.3 Å². The Morgan fingerprint density at radius 3 is 2.31 bits per heavy atom. The van der Waals surface area contributed by atoms with Crippen LogP contribution in [0.1, 0.15) is 33.6 Å². The highest BCUT2D eigenvalue weighted by atomic mass is 32.2. The van der Waals surface area contributed by atoms with Gasteiger partial charge in [0.05, 0.1) is 5.75 Å². The summed E-state index contributed by atoms with van der Waals surface area (Å²) in [6.07, 6.45) is 0.771. The average molecular weight is 207 g/mol. The third-order valence-electron chi connectivity index (χ3n) is 1.55. The maximum absolute atomic E-state index is 11.2. The number of hydrogen-bond acceptors (Lipinski definition) is 3. The van der Waals surface area contributed by atoms with Crippen LogP contribution in [-0.4, -0.2) is 20.1 Å². The number of nitrogens with one attached hydrogen (secondary N) is 1. The van der Waals surface area contributed by atoms with Crippen molar-refractivity contribution in [3.63, 3.8) is 0 Å². The number of amides is 1. The summed E-state index contributed by atoms with van der Waals surface area (Å²) in [6.45, 7) is 5.50. The number of sulfonamides is 1. The molecule has 0 spiro atoms.